The third-order valence-electron chi connectivity index (χ3n) is 2.66. The highest BCUT2D eigenvalue weighted by Crippen LogP contribution is 2.34. The van der Waals surface area contributed by atoms with E-state index in [9.17, 15) is 0 Å². The van der Waals surface area contributed by atoms with Gasteiger partial charge in [-0.05, 0) is 41.4 Å². The van der Waals surface area contributed by atoms with Crippen LogP contribution in [-0.4, -0.2) is 9.78 Å². The number of nitrogens with zero attached hydrogens (tertiary/aromatic N) is 2. The van der Waals surface area contributed by atoms with Gasteiger partial charge in [0.05, 0.1) is 10.2 Å². The fraction of sp³-hybridized carbons (Fsp3) is 0.250. The zero-order valence-electron chi connectivity index (χ0n) is 9.58. The fourth-order valence-corrected chi connectivity index (χ4v) is 2.35. The summed E-state index contributed by atoms with van der Waals surface area (Å²) in [6, 6.07) is 6.36. The Morgan fingerprint density at radius 3 is 2.56 bits per heavy atom. The summed E-state index contributed by atoms with van der Waals surface area (Å²) in [5.74, 6) is 0.526. The maximum atomic E-state index is 5.79. The van der Waals surface area contributed by atoms with Crippen LogP contribution in [0.15, 0.2) is 22.7 Å². The molecule has 2 N–H and O–H groups in total. The second-order valence-electron chi connectivity index (χ2n) is 3.99. The van der Waals surface area contributed by atoms with Crippen LogP contribution in [0.2, 0.25) is 0 Å². The molecule has 0 bridgehead atoms. The van der Waals surface area contributed by atoms with Crippen molar-refractivity contribution in [1.82, 2.24) is 9.78 Å². The molecule has 3 nitrogen and oxygen atoms in total. The summed E-state index contributed by atoms with van der Waals surface area (Å²) in [6.45, 7) is 4.17. The summed E-state index contributed by atoms with van der Waals surface area (Å²) >= 11 is 3.49. The second-order valence-corrected chi connectivity index (χ2v) is 4.78. The van der Waals surface area contributed by atoms with Crippen LogP contribution < -0.4 is 5.73 Å². The van der Waals surface area contributed by atoms with Gasteiger partial charge in [0.1, 0.15) is 0 Å². The highest BCUT2D eigenvalue weighted by Gasteiger charge is 2.15. The number of hydrogen-bond acceptors (Lipinski definition) is 2. The van der Waals surface area contributed by atoms with Crippen molar-refractivity contribution in [2.75, 3.05) is 5.73 Å². The van der Waals surface area contributed by atoms with Crippen molar-refractivity contribution < 1.29 is 0 Å². The van der Waals surface area contributed by atoms with Crippen molar-refractivity contribution in [2.45, 2.75) is 13.8 Å². The summed E-state index contributed by atoms with van der Waals surface area (Å²) in [5.41, 5.74) is 10.4. The lowest BCUT2D eigenvalue weighted by Crippen LogP contribution is -1.96. The molecule has 2 aromatic rings. The first-order chi connectivity index (χ1) is 7.50. The van der Waals surface area contributed by atoms with Gasteiger partial charge in [-0.3, -0.25) is 4.68 Å². The number of hydrogen-bond donors (Lipinski definition) is 1. The third-order valence-corrected chi connectivity index (χ3v) is 3.44. The highest BCUT2D eigenvalue weighted by atomic mass is 79.9. The molecule has 0 unspecified atom stereocenters. The molecule has 0 saturated carbocycles. The Labute approximate surface area is 103 Å². The maximum Gasteiger partial charge on any atom is 0.160 e. The van der Waals surface area contributed by atoms with Gasteiger partial charge in [-0.25, -0.2) is 0 Å². The Morgan fingerprint density at radius 1 is 1.31 bits per heavy atom. The van der Waals surface area contributed by atoms with Crippen molar-refractivity contribution in [3.8, 4) is 11.3 Å². The van der Waals surface area contributed by atoms with Crippen LogP contribution in [0.3, 0.4) is 0 Å². The molecular weight excluding hydrogens is 266 g/mol. The quantitative estimate of drug-likeness (QED) is 0.872. The molecule has 0 aliphatic heterocycles. The first-order valence-corrected chi connectivity index (χ1v) is 5.85. The molecule has 0 saturated heterocycles. The van der Waals surface area contributed by atoms with Crippen LogP contribution in [-0.2, 0) is 7.05 Å². The molecule has 0 amide bonds. The van der Waals surface area contributed by atoms with Crippen LogP contribution in [0.25, 0.3) is 11.3 Å². The van der Waals surface area contributed by atoms with Gasteiger partial charge in [-0.1, -0.05) is 17.7 Å². The van der Waals surface area contributed by atoms with Crippen LogP contribution in [0.4, 0.5) is 5.82 Å². The topological polar surface area (TPSA) is 43.8 Å². The lowest BCUT2D eigenvalue weighted by molar-refractivity contribution is 0.779. The summed E-state index contributed by atoms with van der Waals surface area (Å²) in [5, 5.41) is 4.21. The van der Waals surface area contributed by atoms with E-state index in [1.165, 1.54) is 16.7 Å². The minimum absolute atomic E-state index is 0.526. The number of rotatable bonds is 1. The number of benzene rings is 1. The van der Waals surface area contributed by atoms with Crippen molar-refractivity contribution in [3.63, 3.8) is 0 Å². The molecule has 4 heteroatoms. The Kier molecular flexibility index (Phi) is 2.76. The molecule has 0 spiro atoms. The summed E-state index contributed by atoms with van der Waals surface area (Å²) in [7, 11) is 1.90. The maximum absolute atomic E-state index is 5.79. The number of halogens is 1. The second kappa shape index (κ2) is 3.94. The molecule has 16 heavy (non-hydrogen) atoms. The van der Waals surface area contributed by atoms with Crippen molar-refractivity contribution in [3.05, 3.63) is 33.8 Å². The molecule has 1 aromatic heterocycles. The Hall–Kier alpha value is -1.29. The number of aromatic nitrogens is 2. The molecule has 2 rings (SSSR count). The standard InChI is InChI=1S/C12H14BrN3/c1-7-4-5-8(2)9(6-7)11-10(13)12(14)15-16(11)3/h4-6H,1-3H3,(H2,14,15). The lowest BCUT2D eigenvalue weighted by Gasteiger charge is -2.08. The van der Waals surface area contributed by atoms with Crippen molar-refractivity contribution in [1.29, 1.82) is 0 Å². The van der Waals surface area contributed by atoms with Crippen molar-refractivity contribution >= 4 is 21.7 Å². The van der Waals surface area contributed by atoms with Gasteiger partial charge in [-0.15, -0.1) is 0 Å². The van der Waals surface area contributed by atoms with Crippen LogP contribution in [0, 0.1) is 13.8 Å². The largest absolute Gasteiger partial charge is 0.381 e. The van der Waals surface area contributed by atoms with Gasteiger partial charge in [0, 0.05) is 12.6 Å². The third kappa shape index (κ3) is 1.73. The summed E-state index contributed by atoms with van der Waals surface area (Å²) in [4.78, 5) is 0. The molecule has 84 valence electrons. The lowest BCUT2D eigenvalue weighted by atomic mass is 10.0. The van der Waals surface area contributed by atoms with Crippen molar-refractivity contribution in [2.24, 2.45) is 7.05 Å². The predicted molar refractivity (Wildman–Crippen MR) is 70.2 cm³/mol. The minimum atomic E-state index is 0.526. The molecule has 0 aliphatic rings. The number of aryl methyl sites for hydroxylation is 3. The average molecular weight is 280 g/mol. The fourth-order valence-electron chi connectivity index (χ4n) is 1.80. The van der Waals surface area contributed by atoms with Gasteiger partial charge in [0.2, 0.25) is 0 Å². The van der Waals surface area contributed by atoms with E-state index < -0.39 is 0 Å². The average Bonchev–Trinajstić information content (AvgIpc) is 2.46. The van der Waals surface area contributed by atoms with Crippen LogP contribution >= 0.6 is 15.9 Å². The van der Waals surface area contributed by atoms with Gasteiger partial charge < -0.3 is 5.73 Å². The monoisotopic (exact) mass is 279 g/mol. The Bertz CT molecular complexity index is 543. The van der Waals surface area contributed by atoms with Crippen LogP contribution in [0.1, 0.15) is 11.1 Å². The predicted octanol–water partition coefficient (Wildman–Crippen LogP) is 3.05. The smallest absolute Gasteiger partial charge is 0.160 e. The normalized spacial score (nSPS) is 10.8. The zero-order chi connectivity index (χ0) is 11.9. The van der Waals surface area contributed by atoms with E-state index in [1.807, 2.05) is 7.05 Å². The van der Waals surface area contributed by atoms with E-state index in [1.54, 1.807) is 4.68 Å². The van der Waals surface area contributed by atoms with Gasteiger partial charge >= 0.3 is 0 Å². The molecule has 0 radical (unpaired) electrons. The SMILES string of the molecule is Cc1ccc(C)c(-c2c(Br)c(N)nn2C)c1. The van der Waals surface area contributed by atoms with E-state index in [0.29, 0.717) is 5.82 Å². The minimum Gasteiger partial charge on any atom is -0.381 e. The van der Waals surface area contributed by atoms with E-state index >= 15 is 0 Å². The highest BCUT2D eigenvalue weighted by molar-refractivity contribution is 9.10. The molecule has 0 atom stereocenters. The summed E-state index contributed by atoms with van der Waals surface area (Å²) in [6.07, 6.45) is 0. The number of anilines is 1. The van der Waals surface area contributed by atoms with E-state index in [4.69, 9.17) is 5.73 Å². The molecular formula is C12H14BrN3. The molecule has 0 aliphatic carbocycles. The first-order valence-electron chi connectivity index (χ1n) is 5.06. The Morgan fingerprint density at radius 2 is 2.00 bits per heavy atom. The van der Waals surface area contributed by atoms with E-state index in [-0.39, 0.29) is 0 Å². The van der Waals surface area contributed by atoms with Crippen LogP contribution in [0.5, 0.6) is 0 Å². The number of nitrogen functional groups attached to an aromatic ring is 1. The molecule has 1 aromatic carbocycles. The first kappa shape index (κ1) is 11.2. The Balaban J connectivity index is 2.71. The van der Waals surface area contributed by atoms with Gasteiger partial charge in [-0.2, -0.15) is 5.10 Å². The van der Waals surface area contributed by atoms with Gasteiger partial charge in [0.15, 0.2) is 5.82 Å². The summed E-state index contributed by atoms with van der Waals surface area (Å²) < 4.78 is 2.67. The van der Waals surface area contributed by atoms with E-state index in [2.05, 4.69) is 53.1 Å². The van der Waals surface area contributed by atoms with Gasteiger partial charge in [0.25, 0.3) is 0 Å². The number of nitrogens with two attached hydrogens (primary N) is 1. The molecule has 1 heterocycles. The zero-order valence-corrected chi connectivity index (χ0v) is 11.2. The van der Waals surface area contributed by atoms with E-state index in [0.717, 1.165) is 10.2 Å². The molecule has 0 fully saturated rings.